The van der Waals surface area contributed by atoms with E-state index in [4.69, 9.17) is 10.2 Å². The van der Waals surface area contributed by atoms with Crippen LogP contribution in [0.3, 0.4) is 0 Å². The van der Waals surface area contributed by atoms with Crippen LogP contribution < -0.4 is 0 Å². The van der Waals surface area contributed by atoms with Crippen LogP contribution in [0.15, 0.2) is 82.7 Å². The molecule has 0 spiro atoms. The fourth-order valence-corrected chi connectivity index (χ4v) is 4.57. The number of carbonyl (C=O) groups is 1. The Morgan fingerprint density at radius 3 is 2.48 bits per heavy atom. The first-order valence-electron chi connectivity index (χ1n) is 10.2. The summed E-state index contributed by atoms with van der Waals surface area (Å²) in [6.45, 7) is 3.64. The van der Waals surface area contributed by atoms with Crippen LogP contribution in [0.25, 0.3) is 16.9 Å². The van der Waals surface area contributed by atoms with Gasteiger partial charge in [-0.05, 0) is 36.1 Å². The molecule has 4 aromatic rings. The highest BCUT2D eigenvalue weighted by atomic mass is 32.1. The highest BCUT2D eigenvalue weighted by Gasteiger charge is 2.34. The maximum Gasteiger partial charge on any atom is 0.240 e. The van der Waals surface area contributed by atoms with Crippen molar-refractivity contribution in [3.05, 3.63) is 94.3 Å². The zero-order valence-corrected chi connectivity index (χ0v) is 18.2. The van der Waals surface area contributed by atoms with Crippen LogP contribution in [0.1, 0.15) is 36.1 Å². The van der Waals surface area contributed by atoms with Gasteiger partial charge >= 0.3 is 0 Å². The molecule has 0 saturated heterocycles. The molecule has 6 heteroatoms. The number of nitrogens with zero attached hydrogens (tertiary/aromatic N) is 4. The summed E-state index contributed by atoms with van der Waals surface area (Å²) in [7, 11) is 0. The van der Waals surface area contributed by atoms with Crippen LogP contribution in [0.4, 0.5) is 0 Å². The first-order chi connectivity index (χ1) is 15.1. The number of aryl methyl sites for hydroxylation is 1. The number of rotatable bonds is 4. The van der Waals surface area contributed by atoms with Crippen molar-refractivity contribution in [2.75, 3.05) is 0 Å². The second kappa shape index (κ2) is 7.96. The Balaban J connectivity index is 1.59. The van der Waals surface area contributed by atoms with E-state index in [9.17, 15) is 4.79 Å². The lowest BCUT2D eigenvalue weighted by Gasteiger charge is -2.20. The van der Waals surface area contributed by atoms with Gasteiger partial charge in [-0.2, -0.15) is 21.5 Å². The molecular weight excluding hydrogens is 404 g/mol. The third-order valence-electron chi connectivity index (χ3n) is 5.53. The molecule has 1 atom stereocenters. The number of thiophene rings is 1. The fourth-order valence-electron chi connectivity index (χ4n) is 3.93. The van der Waals surface area contributed by atoms with Crippen molar-refractivity contribution in [1.82, 2.24) is 14.8 Å². The molecule has 1 aliphatic heterocycles. The Hall–Kier alpha value is -3.51. The third-order valence-corrected chi connectivity index (χ3v) is 6.22. The molecule has 31 heavy (non-hydrogen) atoms. The Bertz CT molecular complexity index is 1240. The van der Waals surface area contributed by atoms with E-state index in [1.807, 2.05) is 46.6 Å². The lowest BCUT2D eigenvalue weighted by atomic mass is 9.97. The number of hydrogen-bond acceptors (Lipinski definition) is 4. The average Bonchev–Trinajstić information content (AvgIpc) is 3.53. The smallest absolute Gasteiger partial charge is 0.240 e. The number of amides is 1. The van der Waals surface area contributed by atoms with E-state index in [-0.39, 0.29) is 11.9 Å². The number of hydrogen-bond donors (Lipinski definition) is 0. The molecule has 0 aliphatic carbocycles. The molecule has 1 amide bonds. The largest absolute Gasteiger partial charge is 0.273 e. The van der Waals surface area contributed by atoms with Gasteiger partial charge in [0.15, 0.2) is 0 Å². The van der Waals surface area contributed by atoms with E-state index < -0.39 is 0 Å². The fraction of sp³-hybridized carbons (Fsp3) is 0.160. The molecule has 0 fully saturated rings. The summed E-state index contributed by atoms with van der Waals surface area (Å²) >= 11 is 1.64. The minimum Gasteiger partial charge on any atom is -0.273 e. The first-order valence-corrected chi connectivity index (χ1v) is 11.2. The quantitative estimate of drug-likeness (QED) is 0.426. The second-order valence-electron chi connectivity index (χ2n) is 7.72. The van der Waals surface area contributed by atoms with Crippen molar-refractivity contribution in [3.8, 4) is 16.9 Å². The van der Waals surface area contributed by atoms with E-state index >= 15 is 0 Å². The molecule has 5 nitrogen and oxygen atoms in total. The zero-order chi connectivity index (χ0) is 21.4. The van der Waals surface area contributed by atoms with Crippen LogP contribution in [-0.2, 0) is 4.79 Å². The van der Waals surface area contributed by atoms with Crippen molar-refractivity contribution < 1.29 is 4.79 Å². The van der Waals surface area contributed by atoms with Crippen LogP contribution in [0.5, 0.6) is 0 Å². The molecule has 2 aromatic heterocycles. The summed E-state index contributed by atoms with van der Waals surface area (Å²) in [6, 6.07) is 20.2. The van der Waals surface area contributed by atoms with Crippen LogP contribution in [0.2, 0.25) is 0 Å². The second-order valence-corrected chi connectivity index (χ2v) is 8.50. The van der Waals surface area contributed by atoms with Gasteiger partial charge in [0.2, 0.25) is 5.91 Å². The van der Waals surface area contributed by atoms with Crippen molar-refractivity contribution in [3.63, 3.8) is 0 Å². The molecule has 0 radical (unpaired) electrons. The van der Waals surface area contributed by atoms with Gasteiger partial charge < -0.3 is 0 Å². The summed E-state index contributed by atoms with van der Waals surface area (Å²) in [5, 5.41) is 15.4. The van der Waals surface area contributed by atoms with Gasteiger partial charge in [0, 0.05) is 36.0 Å². The van der Waals surface area contributed by atoms with Crippen molar-refractivity contribution in [2.24, 2.45) is 5.10 Å². The highest BCUT2D eigenvalue weighted by molar-refractivity contribution is 7.08. The molecule has 2 aromatic carbocycles. The van der Waals surface area contributed by atoms with Gasteiger partial charge in [-0.15, -0.1) is 0 Å². The van der Waals surface area contributed by atoms with Crippen molar-refractivity contribution in [2.45, 2.75) is 26.3 Å². The monoisotopic (exact) mass is 426 g/mol. The minimum absolute atomic E-state index is 0.0733. The molecule has 3 heterocycles. The first kappa shape index (κ1) is 19.5. The predicted molar refractivity (Wildman–Crippen MR) is 124 cm³/mol. The molecule has 154 valence electrons. The van der Waals surface area contributed by atoms with Crippen molar-refractivity contribution >= 4 is 23.0 Å². The zero-order valence-electron chi connectivity index (χ0n) is 17.4. The van der Waals surface area contributed by atoms with Gasteiger partial charge in [0.1, 0.15) is 0 Å². The molecular formula is C25H22N4OS. The normalized spacial score (nSPS) is 15.9. The van der Waals surface area contributed by atoms with Gasteiger partial charge in [-0.1, -0.05) is 48.0 Å². The van der Waals surface area contributed by atoms with E-state index in [1.165, 1.54) is 5.56 Å². The minimum atomic E-state index is -0.193. The molecule has 0 N–H and O–H groups in total. The molecule has 1 aliphatic rings. The Kier molecular flexibility index (Phi) is 5.00. The average molecular weight is 427 g/mol. The van der Waals surface area contributed by atoms with Crippen LogP contribution in [-0.4, -0.2) is 26.4 Å². The lowest BCUT2D eigenvalue weighted by molar-refractivity contribution is -0.130. The Morgan fingerprint density at radius 2 is 1.81 bits per heavy atom. The van der Waals surface area contributed by atoms with Crippen molar-refractivity contribution in [1.29, 1.82) is 0 Å². The van der Waals surface area contributed by atoms with E-state index in [2.05, 4.69) is 42.6 Å². The Labute approximate surface area is 185 Å². The molecule has 0 bridgehead atoms. The maximum atomic E-state index is 12.5. The SMILES string of the molecule is CC(=O)N1N=C(c2ccc(C)cc2)CC1c1cn(-c2ccccc2)nc1-c1ccsc1. The predicted octanol–water partition coefficient (Wildman–Crippen LogP) is 5.61. The van der Waals surface area contributed by atoms with Crippen LogP contribution in [0, 0.1) is 6.92 Å². The molecule has 1 unspecified atom stereocenters. The number of carbonyl (C=O) groups excluding carboxylic acids is 1. The van der Waals surface area contributed by atoms with E-state index in [0.29, 0.717) is 6.42 Å². The van der Waals surface area contributed by atoms with Gasteiger partial charge in [0.25, 0.3) is 0 Å². The molecule has 5 rings (SSSR count). The van der Waals surface area contributed by atoms with Gasteiger partial charge in [-0.3, -0.25) is 4.79 Å². The standard InChI is InChI=1S/C25H22N4OS/c1-17-8-10-19(11-9-17)23-14-24(29(26-23)18(2)30)22-15-28(21-6-4-3-5-7-21)27-25(22)20-12-13-31-16-20/h3-13,15-16,24H,14H2,1-2H3. The summed E-state index contributed by atoms with van der Waals surface area (Å²) in [6.07, 6.45) is 2.69. The number of aromatic nitrogens is 2. The summed E-state index contributed by atoms with van der Waals surface area (Å²) < 4.78 is 1.89. The van der Waals surface area contributed by atoms with E-state index in [1.54, 1.807) is 23.3 Å². The number of hydrazone groups is 1. The lowest BCUT2D eigenvalue weighted by Crippen LogP contribution is -2.24. The summed E-state index contributed by atoms with van der Waals surface area (Å²) in [4.78, 5) is 12.5. The van der Waals surface area contributed by atoms with Gasteiger partial charge in [0.05, 0.1) is 23.1 Å². The summed E-state index contributed by atoms with van der Waals surface area (Å²) in [5.74, 6) is -0.0733. The van der Waals surface area contributed by atoms with E-state index in [0.717, 1.165) is 33.8 Å². The van der Waals surface area contributed by atoms with Crippen LogP contribution >= 0.6 is 11.3 Å². The third kappa shape index (κ3) is 3.70. The number of para-hydroxylation sites is 1. The highest BCUT2D eigenvalue weighted by Crippen LogP contribution is 2.38. The Morgan fingerprint density at radius 1 is 1.03 bits per heavy atom. The molecule has 0 saturated carbocycles. The van der Waals surface area contributed by atoms with Gasteiger partial charge in [-0.25, -0.2) is 9.69 Å². The summed E-state index contributed by atoms with van der Waals surface area (Å²) in [5.41, 5.74) is 7.10. The maximum absolute atomic E-state index is 12.5. The topological polar surface area (TPSA) is 50.5 Å². The number of benzene rings is 2.